The van der Waals surface area contributed by atoms with Gasteiger partial charge in [-0.1, -0.05) is 48.5 Å². The van der Waals surface area contributed by atoms with Gasteiger partial charge < -0.3 is 10.1 Å². The number of ether oxygens (including phenoxy) is 1. The topological polar surface area (TPSA) is 92.8 Å². The Morgan fingerprint density at radius 3 is 2.09 bits per heavy atom. The van der Waals surface area contributed by atoms with Gasteiger partial charge in [-0.2, -0.15) is 0 Å². The molecule has 0 spiro atoms. The summed E-state index contributed by atoms with van der Waals surface area (Å²) in [6, 6.07) is 17.0. The summed E-state index contributed by atoms with van der Waals surface area (Å²) in [5, 5.41) is 2.66. The van der Waals surface area contributed by atoms with Crippen LogP contribution in [0.25, 0.3) is 0 Å². The van der Waals surface area contributed by atoms with Crippen molar-refractivity contribution >= 4 is 29.4 Å². The molecule has 7 heteroatoms. The molecule has 0 radical (unpaired) electrons. The molecule has 5 atom stereocenters. The average molecular weight is 447 g/mol. The van der Waals surface area contributed by atoms with Crippen LogP contribution in [0, 0.1) is 23.7 Å². The number of imide groups is 1. The molecule has 0 aromatic heterocycles. The van der Waals surface area contributed by atoms with Crippen molar-refractivity contribution in [1.29, 1.82) is 0 Å². The second kappa shape index (κ2) is 8.81. The number of hydrogen-bond donors (Lipinski definition) is 1. The lowest BCUT2D eigenvalue weighted by molar-refractivity contribution is -0.160. The van der Waals surface area contributed by atoms with Gasteiger partial charge >= 0.3 is 5.97 Å². The van der Waals surface area contributed by atoms with E-state index in [1.54, 1.807) is 24.3 Å². The summed E-state index contributed by atoms with van der Waals surface area (Å²) in [6.07, 6.45) is 3.01. The highest BCUT2D eigenvalue weighted by atomic mass is 16.5. The van der Waals surface area contributed by atoms with E-state index in [2.05, 4.69) is 5.32 Å². The number of para-hydroxylation sites is 1. The smallest absolute Gasteiger partial charge is 0.330 e. The SMILES string of the molecule is O=C(COC(=O)[C@H](Cc1ccccc1)N1C(=O)[C@@H]2[C@H]3CC[C@@H](C3)[C@H]2C1=O)Nc1ccccc1. The Labute approximate surface area is 192 Å². The van der Waals surface area contributed by atoms with Gasteiger partial charge in [-0.05, 0) is 48.8 Å². The van der Waals surface area contributed by atoms with E-state index >= 15 is 0 Å². The number of benzene rings is 2. The number of likely N-dealkylation sites (tertiary alicyclic amines) is 1. The summed E-state index contributed by atoms with van der Waals surface area (Å²) < 4.78 is 5.31. The molecule has 3 amide bonds. The fourth-order valence-electron chi connectivity index (χ4n) is 5.81. The molecule has 2 bridgehead atoms. The van der Waals surface area contributed by atoms with Gasteiger partial charge in [0.1, 0.15) is 6.04 Å². The highest BCUT2D eigenvalue weighted by Crippen LogP contribution is 2.56. The van der Waals surface area contributed by atoms with Crippen LogP contribution >= 0.6 is 0 Å². The quantitative estimate of drug-likeness (QED) is 0.522. The lowest BCUT2D eigenvalue weighted by atomic mass is 9.81. The predicted molar refractivity (Wildman–Crippen MR) is 120 cm³/mol. The summed E-state index contributed by atoms with van der Waals surface area (Å²) >= 11 is 0. The molecule has 3 fully saturated rings. The maximum absolute atomic E-state index is 13.3. The van der Waals surface area contributed by atoms with Crippen LogP contribution < -0.4 is 5.32 Å². The predicted octanol–water partition coefficient (Wildman–Crippen LogP) is 2.81. The zero-order chi connectivity index (χ0) is 22.9. The van der Waals surface area contributed by atoms with Crippen LogP contribution in [0.15, 0.2) is 60.7 Å². The zero-order valence-electron chi connectivity index (χ0n) is 18.2. The Kier molecular flexibility index (Phi) is 5.70. The van der Waals surface area contributed by atoms with E-state index in [1.165, 1.54) is 0 Å². The van der Waals surface area contributed by atoms with Crippen molar-refractivity contribution in [2.45, 2.75) is 31.7 Å². The first-order valence-corrected chi connectivity index (χ1v) is 11.5. The maximum atomic E-state index is 13.3. The molecule has 1 saturated heterocycles. The van der Waals surface area contributed by atoms with Crippen LogP contribution in [-0.2, 0) is 30.3 Å². The number of anilines is 1. The first-order valence-electron chi connectivity index (χ1n) is 11.5. The number of hydrogen-bond acceptors (Lipinski definition) is 5. The minimum absolute atomic E-state index is 0.159. The summed E-state index contributed by atoms with van der Waals surface area (Å²) in [5.74, 6) is -1.92. The van der Waals surface area contributed by atoms with Crippen LogP contribution in [0.3, 0.4) is 0 Å². The van der Waals surface area contributed by atoms with E-state index in [9.17, 15) is 19.2 Å². The van der Waals surface area contributed by atoms with Gasteiger partial charge in [0.15, 0.2) is 6.61 Å². The number of fused-ring (bicyclic) bond motifs is 5. The number of amides is 3. The van der Waals surface area contributed by atoms with Gasteiger partial charge in [-0.25, -0.2) is 4.79 Å². The molecule has 2 saturated carbocycles. The molecule has 2 aromatic rings. The fourth-order valence-corrected chi connectivity index (χ4v) is 5.81. The monoisotopic (exact) mass is 446 g/mol. The number of carbonyl (C=O) groups excluding carboxylic acids is 4. The maximum Gasteiger partial charge on any atom is 0.330 e. The average Bonchev–Trinajstić information content (AvgIpc) is 3.51. The lowest BCUT2D eigenvalue weighted by Gasteiger charge is -2.26. The molecule has 7 nitrogen and oxygen atoms in total. The molecule has 5 rings (SSSR count). The third-order valence-corrected chi connectivity index (χ3v) is 7.22. The Bertz CT molecular complexity index is 1040. The molecule has 3 aliphatic rings. The molecule has 1 aliphatic heterocycles. The number of esters is 1. The Balaban J connectivity index is 1.32. The van der Waals surface area contributed by atoms with Crippen molar-refractivity contribution in [1.82, 2.24) is 4.90 Å². The van der Waals surface area contributed by atoms with Gasteiger partial charge in [0.25, 0.3) is 5.91 Å². The summed E-state index contributed by atoms with van der Waals surface area (Å²) in [7, 11) is 0. The Hall–Kier alpha value is -3.48. The molecular weight excluding hydrogens is 420 g/mol. The zero-order valence-corrected chi connectivity index (χ0v) is 18.2. The van der Waals surface area contributed by atoms with E-state index in [0.717, 1.165) is 29.7 Å². The molecule has 33 heavy (non-hydrogen) atoms. The fraction of sp³-hybridized carbons (Fsp3) is 0.385. The van der Waals surface area contributed by atoms with Gasteiger partial charge in [0.05, 0.1) is 11.8 Å². The number of nitrogens with one attached hydrogen (secondary N) is 1. The molecule has 1 N–H and O–H groups in total. The standard InChI is InChI=1S/C26H26N2O5/c29-21(27-19-9-5-2-6-10-19)15-33-26(32)20(13-16-7-3-1-4-8-16)28-24(30)22-17-11-12-18(14-17)23(22)25(28)31/h1-10,17-18,20,22-23H,11-15H2,(H,27,29)/t17-,18-,20-,22+,23+/m0/s1. The number of carbonyl (C=O) groups is 4. The van der Waals surface area contributed by atoms with Crippen molar-refractivity contribution in [3.8, 4) is 0 Å². The van der Waals surface area contributed by atoms with Crippen molar-refractivity contribution < 1.29 is 23.9 Å². The number of rotatable bonds is 7. The van der Waals surface area contributed by atoms with Gasteiger partial charge in [0, 0.05) is 12.1 Å². The van der Waals surface area contributed by atoms with Crippen LogP contribution in [-0.4, -0.2) is 41.2 Å². The van der Waals surface area contributed by atoms with Crippen LogP contribution in [0.1, 0.15) is 24.8 Å². The third-order valence-electron chi connectivity index (χ3n) is 7.22. The summed E-state index contributed by atoms with van der Waals surface area (Å²) in [5.41, 5.74) is 1.40. The summed E-state index contributed by atoms with van der Waals surface area (Å²) in [4.78, 5) is 53.2. The molecular formula is C26H26N2O5. The van der Waals surface area contributed by atoms with Crippen molar-refractivity contribution in [3.05, 3.63) is 66.2 Å². The normalized spacial score (nSPS) is 26.2. The van der Waals surface area contributed by atoms with E-state index in [0.29, 0.717) is 5.69 Å². The van der Waals surface area contributed by atoms with E-state index < -0.39 is 24.5 Å². The highest BCUT2D eigenvalue weighted by Gasteiger charge is 2.62. The van der Waals surface area contributed by atoms with Crippen LogP contribution in [0.5, 0.6) is 0 Å². The molecule has 0 unspecified atom stereocenters. The highest BCUT2D eigenvalue weighted by molar-refractivity contribution is 6.08. The molecule has 170 valence electrons. The van der Waals surface area contributed by atoms with Crippen molar-refractivity contribution in [2.24, 2.45) is 23.7 Å². The molecule has 1 heterocycles. The van der Waals surface area contributed by atoms with E-state index in [4.69, 9.17) is 4.74 Å². The first-order chi connectivity index (χ1) is 16.0. The van der Waals surface area contributed by atoms with Gasteiger partial charge in [-0.3, -0.25) is 19.3 Å². The Morgan fingerprint density at radius 1 is 0.909 bits per heavy atom. The van der Waals surface area contributed by atoms with Gasteiger partial charge in [0.2, 0.25) is 11.8 Å². The van der Waals surface area contributed by atoms with Crippen molar-refractivity contribution in [2.75, 3.05) is 11.9 Å². The van der Waals surface area contributed by atoms with Crippen LogP contribution in [0.2, 0.25) is 0 Å². The minimum atomic E-state index is -1.08. The molecule has 2 aromatic carbocycles. The second-order valence-electron chi connectivity index (χ2n) is 9.16. The summed E-state index contributed by atoms with van der Waals surface area (Å²) in [6.45, 7) is -0.493. The number of nitrogens with zero attached hydrogens (tertiary/aromatic N) is 1. The van der Waals surface area contributed by atoms with E-state index in [1.807, 2.05) is 36.4 Å². The van der Waals surface area contributed by atoms with Crippen molar-refractivity contribution in [3.63, 3.8) is 0 Å². The molecule has 2 aliphatic carbocycles. The lowest BCUT2D eigenvalue weighted by Crippen LogP contribution is -2.48. The van der Waals surface area contributed by atoms with Gasteiger partial charge in [-0.15, -0.1) is 0 Å². The third kappa shape index (κ3) is 4.03. The largest absolute Gasteiger partial charge is 0.454 e. The van der Waals surface area contributed by atoms with Crippen LogP contribution in [0.4, 0.5) is 5.69 Å². The minimum Gasteiger partial charge on any atom is -0.454 e. The Morgan fingerprint density at radius 2 is 1.48 bits per heavy atom. The van der Waals surface area contributed by atoms with E-state index in [-0.39, 0.29) is 41.9 Å². The first kappa shape index (κ1) is 21.4. The second-order valence-corrected chi connectivity index (χ2v) is 9.16.